The maximum absolute atomic E-state index is 5.89. The molecule has 0 fully saturated rings. The molecule has 0 saturated heterocycles. The number of halogens is 1. The first kappa shape index (κ1) is 12.3. The minimum Gasteiger partial charge on any atom is -0.488 e. The van der Waals surface area contributed by atoms with Gasteiger partial charge in [0, 0.05) is 19.2 Å². The lowest BCUT2D eigenvalue weighted by atomic mass is 10.2. The standard InChI is InChI=1S/C11H15ClO3/c1-8-6-9(4-5-10(8)12)15-7-11(13-2)14-3/h4-6,11H,7H2,1-3H3. The molecule has 1 aromatic carbocycles. The SMILES string of the molecule is COC(COc1ccc(Cl)c(C)c1)OC. The fraction of sp³-hybridized carbons (Fsp3) is 0.455. The summed E-state index contributed by atoms with van der Waals surface area (Å²) in [6.07, 6.45) is -0.346. The van der Waals surface area contributed by atoms with Crippen molar-refractivity contribution in [3.8, 4) is 5.75 Å². The minimum atomic E-state index is -0.346. The summed E-state index contributed by atoms with van der Waals surface area (Å²) < 4.78 is 15.5. The van der Waals surface area contributed by atoms with Crippen LogP contribution in [-0.2, 0) is 9.47 Å². The molecule has 0 N–H and O–H groups in total. The molecule has 0 unspecified atom stereocenters. The molecule has 0 aliphatic rings. The van der Waals surface area contributed by atoms with Crippen molar-refractivity contribution in [2.24, 2.45) is 0 Å². The first-order chi connectivity index (χ1) is 7.17. The van der Waals surface area contributed by atoms with Gasteiger partial charge in [-0.2, -0.15) is 0 Å². The van der Waals surface area contributed by atoms with Crippen molar-refractivity contribution in [3.63, 3.8) is 0 Å². The molecule has 0 spiro atoms. The van der Waals surface area contributed by atoms with E-state index in [1.165, 1.54) is 0 Å². The van der Waals surface area contributed by atoms with Crippen molar-refractivity contribution in [3.05, 3.63) is 28.8 Å². The third-order valence-electron chi connectivity index (χ3n) is 2.04. The molecule has 0 radical (unpaired) electrons. The molecule has 1 aromatic rings. The van der Waals surface area contributed by atoms with Crippen molar-refractivity contribution in [2.75, 3.05) is 20.8 Å². The Balaban J connectivity index is 2.54. The van der Waals surface area contributed by atoms with Crippen LogP contribution in [0.25, 0.3) is 0 Å². The van der Waals surface area contributed by atoms with Gasteiger partial charge in [0.1, 0.15) is 12.4 Å². The fourth-order valence-corrected chi connectivity index (χ4v) is 1.22. The van der Waals surface area contributed by atoms with Gasteiger partial charge < -0.3 is 14.2 Å². The Labute approximate surface area is 94.9 Å². The van der Waals surface area contributed by atoms with Crippen molar-refractivity contribution in [1.82, 2.24) is 0 Å². The van der Waals surface area contributed by atoms with Gasteiger partial charge in [-0.15, -0.1) is 0 Å². The van der Waals surface area contributed by atoms with Crippen LogP contribution in [-0.4, -0.2) is 27.1 Å². The zero-order chi connectivity index (χ0) is 11.3. The highest BCUT2D eigenvalue weighted by Crippen LogP contribution is 2.21. The van der Waals surface area contributed by atoms with Crippen molar-refractivity contribution < 1.29 is 14.2 Å². The van der Waals surface area contributed by atoms with E-state index < -0.39 is 0 Å². The molecule has 1 rings (SSSR count). The molecule has 84 valence electrons. The van der Waals surface area contributed by atoms with E-state index in [0.717, 1.165) is 16.3 Å². The van der Waals surface area contributed by atoms with Crippen LogP contribution in [0, 0.1) is 6.92 Å². The third-order valence-corrected chi connectivity index (χ3v) is 2.47. The third kappa shape index (κ3) is 3.70. The Morgan fingerprint density at radius 1 is 1.27 bits per heavy atom. The molecular weight excluding hydrogens is 216 g/mol. The molecule has 0 amide bonds. The average Bonchev–Trinajstić information content (AvgIpc) is 2.24. The van der Waals surface area contributed by atoms with E-state index in [0.29, 0.717) is 6.61 Å². The Hall–Kier alpha value is -0.770. The molecule has 0 aromatic heterocycles. The predicted octanol–water partition coefficient (Wildman–Crippen LogP) is 2.65. The maximum Gasteiger partial charge on any atom is 0.191 e. The van der Waals surface area contributed by atoms with Gasteiger partial charge in [0.15, 0.2) is 6.29 Å². The van der Waals surface area contributed by atoms with Crippen LogP contribution in [0.1, 0.15) is 5.56 Å². The largest absolute Gasteiger partial charge is 0.488 e. The monoisotopic (exact) mass is 230 g/mol. The molecule has 0 aliphatic carbocycles. The van der Waals surface area contributed by atoms with Gasteiger partial charge in [0.2, 0.25) is 0 Å². The summed E-state index contributed by atoms with van der Waals surface area (Å²) in [5.41, 5.74) is 0.987. The van der Waals surface area contributed by atoms with Crippen LogP contribution in [0.4, 0.5) is 0 Å². The number of hydrogen-bond acceptors (Lipinski definition) is 3. The second-order valence-corrected chi connectivity index (χ2v) is 3.53. The Bertz CT molecular complexity index is 311. The van der Waals surface area contributed by atoms with Gasteiger partial charge >= 0.3 is 0 Å². The fourth-order valence-electron chi connectivity index (χ4n) is 1.10. The summed E-state index contributed by atoms with van der Waals surface area (Å²) in [7, 11) is 3.15. The van der Waals surface area contributed by atoms with Gasteiger partial charge in [0.25, 0.3) is 0 Å². The first-order valence-electron chi connectivity index (χ1n) is 4.62. The van der Waals surface area contributed by atoms with E-state index in [-0.39, 0.29) is 6.29 Å². The number of benzene rings is 1. The van der Waals surface area contributed by atoms with Gasteiger partial charge in [0.05, 0.1) is 0 Å². The van der Waals surface area contributed by atoms with E-state index in [1.807, 2.05) is 19.1 Å². The van der Waals surface area contributed by atoms with E-state index in [9.17, 15) is 0 Å². The quantitative estimate of drug-likeness (QED) is 0.728. The molecule has 0 atom stereocenters. The number of ether oxygens (including phenoxy) is 3. The van der Waals surface area contributed by atoms with Gasteiger partial charge in [-0.3, -0.25) is 0 Å². The minimum absolute atomic E-state index is 0.346. The smallest absolute Gasteiger partial charge is 0.191 e. The second-order valence-electron chi connectivity index (χ2n) is 3.12. The van der Waals surface area contributed by atoms with Crippen molar-refractivity contribution in [2.45, 2.75) is 13.2 Å². The van der Waals surface area contributed by atoms with Crippen LogP contribution >= 0.6 is 11.6 Å². The summed E-state index contributed by atoms with van der Waals surface area (Å²) in [4.78, 5) is 0. The molecule has 4 heteroatoms. The number of hydrogen-bond donors (Lipinski definition) is 0. The van der Waals surface area contributed by atoms with E-state index in [1.54, 1.807) is 20.3 Å². The van der Waals surface area contributed by atoms with Crippen molar-refractivity contribution >= 4 is 11.6 Å². The van der Waals surface area contributed by atoms with Crippen LogP contribution < -0.4 is 4.74 Å². The maximum atomic E-state index is 5.89. The highest BCUT2D eigenvalue weighted by Gasteiger charge is 2.06. The van der Waals surface area contributed by atoms with Crippen LogP contribution in [0.5, 0.6) is 5.75 Å². The van der Waals surface area contributed by atoms with Gasteiger partial charge in [-0.1, -0.05) is 11.6 Å². The summed E-state index contributed by atoms with van der Waals surface area (Å²) in [6, 6.07) is 5.50. The van der Waals surface area contributed by atoms with Gasteiger partial charge in [-0.25, -0.2) is 0 Å². The van der Waals surface area contributed by atoms with E-state index in [2.05, 4.69) is 0 Å². The molecule has 0 aliphatic heterocycles. The number of aryl methyl sites for hydroxylation is 1. The van der Waals surface area contributed by atoms with Crippen LogP contribution in [0.2, 0.25) is 5.02 Å². The zero-order valence-corrected chi connectivity index (χ0v) is 9.88. The van der Waals surface area contributed by atoms with Gasteiger partial charge in [-0.05, 0) is 30.7 Å². The second kappa shape index (κ2) is 5.95. The average molecular weight is 231 g/mol. The number of rotatable bonds is 5. The normalized spacial score (nSPS) is 10.7. The summed E-state index contributed by atoms with van der Waals surface area (Å²) in [5, 5.41) is 0.734. The van der Waals surface area contributed by atoms with Crippen LogP contribution in [0.15, 0.2) is 18.2 Å². The zero-order valence-electron chi connectivity index (χ0n) is 9.12. The Kier molecular flexibility index (Phi) is 4.88. The lowest BCUT2D eigenvalue weighted by Crippen LogP contribution is -2.22. The van der Waals surface area contributed by atoms with E-state index >= 15 is 0 Å². The highest BCUT2D eigenvalue weighted by atomic mass is 35.5. The number of methoxy groups -OCH3 is 2. The highest BCUT2D eigenvalue weighted by molar-refractivity contribution is 6.31. The molecule has 3 nitrogen and oxygen atoms in total. The van der Waals surface area contributed by atoms with Crippen molar-refractivity contribution in [1.29, 1.82) is 0 Å². The predicted molar refractivity (Wildman–Crippen MR) is 59.5 cm³/mol. The lowest BCUT2D eigenvalue weighted by molar-refractivity contribution is -0.121. The molecule has 0 bridgehead atoms. The lowest BCUT2D eigenvalue weighted by Gasteiger charge is -2.14. The Morgan fingerprint density at radius 3 is 2.47 bits per heavy atom. The Morgan fingerprint density at radius 2 is 1.93 bits per heavy atom. The summed E-state index contributed by atoms with van der Waals surface area (Å²) in [5.74, 6) is 0.760. The molecular formula is C11H15ClO3. The van der Waals surface area contributed by atoms with Crippen LogP contribution in [0.3, 0.4) is 0 Å². The topological polar surface area (TPSA) is 27.7 Å². The molecule has 15 heavy (non-hydrogen) atoms. The summed E-state index contributed by atoms with van der Waals surface area (Å²) >= 11 is 5.89. The first-order valence-corrected chi connectivity index (χ1v) is 4.99. The summed E-state index contributed by atoms with van der Waals surface area (Å²) in [6.45, 7) is 2.29. The molecule has 0 saturated carbocycles. The molecule has 0 heterocycles. The van der Waals surface area contributed by atoms with E-state index in [4.69, 9.17) is 25.8 Å².